The standard InChI is InChI=1S/C25H47O3P/c1-6-7-8-9-10-11-12-13-14-15-16-17-20-29(26,27)28-24-19-18-22(2)21-23(24)25(3,4)5/h18-19,21,26-27,29H,6-17,20H2,1-5H3. The molecule has 170 valence electrons. The molecule has 0 bridgehead atoms. The number of aryl methyl sites for hydroxylation is 1. The molecule has 1 aromatic carbocycles. The third-order valence-corrected chi connectivity index (χ3v) is 7.12. The summed E-state index contributed by atoms with van der Waals surface area (Å²) in [5.74, 6) is 0.624. The van der Waals surface area contributed by atoms with Gasteiger partial charge in [-0.3, -0.25) is 0 Å². The van der Waals surface area contributed by atoms with Crippen molar-refractivity contribution in [1.82, 2.24) is 0 Å². The summed E-state index contributed by atoms with van der Waals surface area (Å²) in [7, 11) is -3.67. The molecule has 0 saturated heterocycles. The monoisotopic (exact) mass is 426 g/mol. The van der Waals surface area contributed by atoms with Crippen molar-refractivity contribution >= 4 is 7.94 Å². The van der Waals surface area contributed by atoms with Gasteiger partial charge in [0, 0.05) is 0 Å². The minimum absolute atomic E-state index is 0.0954. The van der Waals surface area contributed by atoms with E-state index in [0.717, 1.165) is 24.0 Å². The van der Waals surface area contributed by atoms with E-state index in [4.69, 9.17) is 4.52 Å². The van der Waals surface area contributed by atoms with Gasteiger partial charge in [-0.1, -0.05) is 13.3 Å². The molecule has 0 atom stereocenters. The van der Waals surface area contributed by atoms with E-state index in [2.05, 4.69) is 33.8 Å². The first-order valence-corrected chi connectivity index (χ1v) is 13.9. The number of benzene rings is 1. The molecule has 0 spiro atoms. The molecule has 0 aromatic heterocycles. The Morgan fingerprint density at radius 1 is 0.793 bits per heavy atom. The molecule has 0 fully saturated rings. The summed E-state index contributed by atoms with van der Waals surface area (Å²) in [5.41, 5.74) is 2.10. The maximum atomic E-state index is 10.5. The van der Waals surface area contributed by atoms with Gasteiger partial charge in [-0.15, -0.1) is 0 Å². The van der Waals surface area contributed by atoms with Crippen LogP contribution in [-0.2, 0) is 5.41 Å². The minimum atomic E-state index is -3.67. The van der Waals surface area contributed by atoms with E-state index in [9.17, 15) is 9.79 Å². The quantitative estimate of drug-likeness (QED) is 0.222. The van der Waals surface area contributed by atoms with Crippen LogP contribution in [0.3, 0.4) is 0 Å². The molecule has 0 saturated carbocycles. The van der Waals surface area contributed by atoms with Crippen LogP contribution in [0.15, 0.2) is 18.2 Å². The van der Waals surface area contributed by atoms with Crippen LogP contribution in [0.5, 0.6) is 5.75 Å². The summed E-state index contributed by atoms with van der Waals surface area (Å²) in [6.07, 6.45) is 15.6. The van der Waals surface area contributed by atoms with Crippen LogP contribution in [0.2, 0.25) is 0 Å². The topological polar surface area (TPSA) is 49.7 Å². The third-order valence-electron chi connectivity index (χ3n) is 5.57. The van der Waals surface area contributed by atoms with Crippen LogP contribution in [0.25, 0.3) is 0 Å². The van der Waals surface area contributed by atoms with E-state index < -0.39 is 7.94 Å². The summed E-state index contributed by atoms with van der Waals surface area (Å²) in [4.78, 5) is 20.9. The molecule has 29 heavy (non-hydrogen) atoms. The van der Waals surface area contributed by atoms with Crippen LogP contribution in [0.1, 0.15) is 116 Å². The molecule has 0 amide bonds. The first-order chi connectivity index (χ1) is 13.7. The Labute approximate surface area is 180 Å². The Morgan fingerprint density at radius 3 is 1.76 bits per heavy atom. The van der Waals surface area contributed by atoms with E-state index >= 15 is 0 Å². The second kappa shape index (κ2) is 13.6. The molecule has 4 heteroatoms. The van der Waals surface area contributed by atoms with Gasteiger partial charge in [0.1, 0.15) is 0 Å². The Bertz CT molecular complexity index is 564. The fourth-order valence-electron chi connectivity index (χ4n) is 3.74. The summed E-state index contributed by atoms with van der Waals surface area (Å²) in [6, 6.07) is 5.94. The van der Waals surface area contributed by atoms with Gasteiger partial charge >= 0.3 is 167 Å². The van der Waals surface area contributed by atoms with Gasteiger partial charge in [-0.25, -0.2) is 0 Å². The van der Waals surface area contributed by atoms with Crippen molar-refractivity contribution in [3.05, 3.63) is 29.3 Å². The summed E-state index contributed by atoms with van der Waals surface area (Å²) >= 11 is 0. The molecular formula is C25H47O3P. The van der Waals surface area contributed by atoms with Crippen LogP contribution < -0.4 is 4.52 Å². The molecule has 1 rings (SSSR count). The zero-order chi connectivity index (χ0) is 21.8. The number of rotatable bonds is 15. The van der Waals surface area contributed by atoms with E-state index in [1.54, 1.807) is 0 Å². The van der Waals surface area contributed by atoms with E-state index in [1.165, 1.54) is 64.2 Å². The van der Waals surface area contributed by atoms with Crippen LogP contribution in [0.4, 0.5) is 0 Å². The Morgan fingerprint density at radius 2 is 1.28 bits per heavy atom. The first-order valence-electron chi connectivity index (χ1n) is 11.9. The molecule has 0 unspecified atom stereocenters. The van der Waals surface area contributed by atoms with Crippen molar-refractivity contribution in [2.75, 3.05) is 6.16 Å². The van der Waals surface area contributed by atoms with Gasteiger partial charge < -0.3 is 0 Å². The number of hydrogen-bond donors (Lipinski definition) is 2. The fourth-order valence-corrected chi connectivity index (χ4v) is 5.09. The molecule has 0 heterocycles. The average Bonchev–Trinajstić information content (AvgIpc) is 2.63. The zero-order valence-electron chi connectivity index (χ0n) is 19.7. The first kappa shape index (κ1) is 26.4. The van der Waals surface area contributed by atoms with Crippen molar-refractivity contribution < 1.29 is 14.3 Å². The normalized spacial score (nSPS) is 12.9. The van der Waals surface area contributed by atoms with Gasteiger partial charge in [0.05, 0.1) is 0 Å². The van der Waals surface area contributed by atoms with Gasteiger partial charge in [0.15, 0.2) is 0 Å². The second-order valence-electron chi connectivity index (χ2n) is 9.73. The van der Waals surface area contributed by atoms with E-state index in [1.807, 2.05) is 19.1 Å². The van der Waals surface area contributed by atoms with E-state index in [-0.39, 0.29) is 5.41 Å². The van der Waals surface area contributed by atoms with Gasteiger partial charge in [-0.05, 0) is 0 Å². The molecule has 0 aliphatic rings. The number of unbranched alkanes of at least 4 members (excludes halogenated alkanes) is 11. The molecule has 0 radical (unpaired) electrons. The Balaban J connectivity index is 2.23. The van der Waals surface area contributed by atoms with Crippen molar-refractivity contribution in [3.8, 4) is 5.75 Å². The predicted octanol–water partition coefficient (Wildman–Crippen LogP) is 7.85. The van der Waals surface area contributed by atoms with Crippen LogP contribution >= 0.6 is 7.94 Å². The van der Waals surface area contributed by atoms with Gasteiger partial charge in [-0.2, -0.15) is 0 Å². The van der Waals surface area contributed by atoms with Crippen LogP contribution in [-0.4, -0.2) is 15.9 Å². The predicted molar refractivity (Wildman–Crippen MR) is 129 cm³/mol. The average molecular weight is 427 g/mol. The molecule has 3 nitrogen and oxygen atoms in total. The summed E-state index contributed by atoms with van der Waals surface area (Å²) in [5, 5.41) is 0. The van der Waals surface area contributed by atoms with Gasteiger partial charge in [0.25, 0.3) is 0 Å². The van der Waals surface area contributed by atoms with Crippen molar-refractivity contribution in [3.63, 3.8) is 0 Å². The number of hydrogen-bond acceptors (Lipinski definition) is 3. The third kappa shape index (κ3) is 12.0. The molecule has 2 N–H and O–H groups in total. The van der Waals surface area contributed by atoms with Crippen LogP contribution in [0, 0.1) is 6.92 Å². The maximum absolute atomic E-state index is 10.5. The SMILES string of the molecule is CCCCCCCCCCCCCC[PH](O)(O)Oc1ccc(C)cc1C(C)(C)C. The Kier molecular flexibility index (Phi) is 12.4. The van der Waals surface area contributed by atoms with Gasteiger partial charge in [0.2, 0.25) is 0 Å². The van der Waals surface area contributed by atoms with Crippen molar-refractivity contribution in [2.24, 2.45) is 0 Å². The Hall–Kier alpha value is -0.630. The van der Waals surface area contributed by atoms with E-state index in [0.29, 0.717) is 11.9 Å². The van der Waals surface area contributed by atoms with Crippen molar-refractivity contribution in [1.29, 1.82) is 0 Å². The molecule has 0 aliphatic heterocycles. The fraction of sp³-hybridized carbons (Fsp3) is 0.760. The molecular weight excluding hydrogens is 379 g/mol. The molecule has 1 aromatic rings. The molecule has 0 aliphatic carbocycles. The summed E-state index contributed by atoms with van der Waals surface area (Å²) < 4.78 is 5.76. The zero-order valence-corrected chi connectivity index (χ0v) is 20.7. The van der Waals surface area contributed by atoms with Crippen molar-refractivity contribution in [2.45, 2.75) is 117 Å². The second-order valence-corrected chi connectivity index (χ2v) is 11.9. The summed E-state index contributed by atoms with van der Waals surface area (Å²) in [6.45, 7) is 10.7.